The van der Waals surface area contributed by atoms with Gasteiger partial charge in [-0.1, -0.05) is 0 Å². The largest absolute Gasteiger partial charge is 0.265 e. The predicted octanol–water partition coefficient (Wildman–Crippen LogP) is 0.602. The monoisotopic (exact) mass is 121 g/mol. The van der Waals surface area contributed by atoms with Gasteiger partial charge < -0.3 is 0 Å². The molecule has 9 heavy (non-hydrogen) atoms. The maximum atomic E-state index is 4.09. The third kappa shape index (κ3) is 0.650. The normalized spacial score (nSPS) is 29.3. The minimum Gasteiger partial charge on any atom is -0.265 e. The topological polar surface area (TPSA) is 28.0 Å². The summed E-state index contributed by atoms with van der Waals surface area (Å²) < 4.78 is 0. The van der Waals surface area contributed by atoms with Gasteiger partial charge in [0, 0.05) is 31.2 Å². The van der Waals surface area contributed by atoms with Gasteiger partial charge in [-0.05, 0) is 0 Å². The molecule has 3 nitrogen and oxygen atoms in total. The minimum atomic E-state index is 0.398. The van der Waals surface area contributed by atoms with Gasteiger partial charge in [0.25, 0.3) is 0 Å². The van der Waals surface area contributed by atoms with Crippen molar-refractivity contribution < 1.29 is 0 Å². The molecule has 2 aliphatic rings. The van der Waals surface area contributed by atoms with Gasteiger partial charge in [-0.2, -0.15) is 5.10 Å². The Kier molecular flexibility index (Phi) is 0.886. The highest BCUT2D eigenvalue weighted by atomic mass is 15.5. The van der Waals surface area contributed by atoms with E-state index in [2.05, 4.69) is 10.1 Å². The Labute approximate surface area is 53.4 Å². The van der Waals surface area contributed by atoms with Crippen LogP contribution in [0.25, 0.3) is 0 Å². The zero-order chi connectivity index (χ0) is 6.10. The molecule has 0 spiro atoms. The van der Waals surface area contributed by atoms with E-state index in [1.54, 1.807) is 6.20 Å². The van der Waals surface area contributed by atoms with Crippen molar-refractivity contribution in [1.82, 2.24) is 5.01 Å². The Hall–Kier alpha value is -1.12. The van der Waals surface area contributed by atoms with Crippen LogP contribution in [-0.4, -0.2) is 23.5 Å². The summed E-state index contributed by atoms with van der Waals surface area (Å²) in [5.41, 5.74) is 0. The van der Waals surface area contributed by atoms with Crippen LogP contribution < -0.4 is 0 Å². The SMILES string of the molecule is C1=CN2N=CCC2C=N1. The summed E-state index contributed by atoms with van der Waals surface area (Å²) in [7, 11) is 0. The van der Waals surface area contributed by atoms with Crippen LogP contribution in [0.15, 0.2) is 22.5 Å². The molecule has 0 aromatic rings. The van der Waals surface area contributed by atoms with E-state index in [0.717, 1.165) is 6.42 Å². The summed E-state index contributed by atoms with van der Waals surface area (Å²) >= 11 is 0. The van der Waals surface area contributed by atoms with Crippen molar-refractivity contribution in [2.24, 2.45) is 10.1 Å². The summed E-state index contributed by atoms with van der Waals surface area (Å²) in [6.07, 6.45) is 8.44. The van der Waals surface area contributed by atoms with Crippen molar-refractivity contribution >= 4 is 12.4 Å². The molecule has 0 saturated carbocycles. The van der Waals surface area contributed by atoms with E-state index in [0.29, 0.717) is 6.04 Å². The number of hydrogen-bond acceptors (Lipinski definition) is 3. The molecule has 0 saturated heterocycles. The van der Waals surface area contributed by atoms with Crippen molar-refractivity contribution in [3.63, 3.8) is 0 Å². The zero-order valence-electron chi connectivity index (χ0n) is 4.94. The van der Waals surface area contributed by atoms with Crippen LogP contribution in [0.2, 0.25) is 0 Å². The van der Waals surface area contributed by atoms with Gasteiger partial charge in [-0.25, -0.2) is 0 Å². The second-order valence-electron chi connectivity index (χ2n) is 2.08. The van der Waals surface area contributed by atoms with Crippen molar-refractivity contribution in [3.05, 3.63) is 12.4 Å². The standard InChI is InChI=1S/C6H7N3/c1-2-8-9-4-3-7-5-6(1)9/h2-6H,1H2. The molecule has 1 atom stereocenters. The summed E-state index contributed by atoms with van der Waals surface area (Å²) in [6, 6.07) is 0.398. The van der Waals surface area contributed by atoms with E-state index >= 15 is 0 Å². The highest BCUT2D eigenvalue weighted by Crippen LogP contribution is 2.11. The molecular formula is C6H7N3. The first-order chi connectivity index (χ1) is 4.47. The number of hydrogen-bond donors (Lipinski definition) is 0. The molecule has 46 valence electrons. The molecule has 2 rings (SSSR count). The molecule has 0 bridgehead atoms. The van der Waals surface area contributed by atoms with Gasteiger partial charge in [0.15, 0.2) is 0 Å². The molecule has 1 unspecified atom stereocenters. The number of nitrogens with zero attached hydrogens (tertiary/aromatic N) is 3. The van der Waals surface area contributed by atoms with Crippen LogP contribution in [0, 0.1) is 0 Å². The fourth-order valence-electron chi connectivity index (χ4n) is 0.977. The van der Waals surface area contributed by atoms with Crippen LogP contribution in [-0.2, 0) is 0 Å². The van der Waals surface area contributed by atoms with E-state index in [9.17, 15) is 0 Å². The molecule has 0 aliphatic carbocycles. The average molecular weight is 121 g/mol. The molecule has 0 radical (unpaired) electrons. The van der Waals surface area contributed by atoms with Crippen molar-refractivity contribution in [2.45, 2.75) is 12.5 Å². The second-order valence-corrected chi connectivity index (χ2v) is 2.08. The third-order valence-electron chi connectivity index (χ3n) is 1.47. The molecule has 2 heterocycles. The fourth-order valence-corrected chi connectivity index (χ4v) is 0.977. The first-order valence-corrected chi connectivity index (χ1v) is 2.97. The number of fused-ring (bicyclic) bond motifs is 1. The van der Waals surface area contributed by atoms with Gasteiger partial charge >= 0.3 is 0 Å². The first-order valence-electron chi connectivity index (χ1n) is 2.97. The third-order valence-corrected chi connectivity index (χ3v) is 1.47. The zero-order valence-corrected chi connectivity index (χ0v) is 4.94. The van der Waals surface area contributed by atoms with Gasteiger partial charge in [-0.3, -0.25) is 10.0 Å². The lowest BCUT2D eigenvalue weighted by atomic mass is 10.2. The van der Waals surface area contributed by atoms with Crippen LogP contribution >= 0.6 is 0 Å². The van der Waals surface area contributed by atoms with Gasteiger partial charge in [0.05, 0.1) is 6.04 Å². The number of hydrazone groups is 1. The maximum Gasteiger partial charge on any atom is 0.0920 e. The van der Waals surface area contributed by atoms with Crippen LogP contribution in [0.3, 0.4) is 0 Å². The van der Waals surface area contributed by atoms with E-state index in [1.807, 2.05) is 23.6 Å². The van der Waals surface area contributed by atoms with E-state index in [-0.39, 0.29) is 0 Å². The van der Waals surface area contributed by atoms with E-state index < -0.39 is 0 Å². The fraction of sp³-hybridized carbons (Fsp3) is 0.333. The highest BCUT2D eigenvalue weighted by Gasteiger charge is 2.17. The van der Waals surface area contributed by atoms with Gasteiger partial charge in [0.2, 0.25) is 0 Å². The average Bonchev–Trinajstić information content (AvgIpc) is 2.33. The molecule has 0 amide bonds. The molecule has 0 N–H and O–H groups in total. The number of aliphatic imine (C=N–C) groups is 1. The smallest absolute Gasteiger partial charge is 0.0920 e. The summed E-state index contributed by atoms with van der Waals surface area (Å²) in [4.78, 5) is 3.99. The predicted molar refractivity (Wildman–Crippen MR) is 36.4 cm³/mol. The quantitative estimate of drug-likeness (QED) is 0.461. The van der Waals surface area contributed by atoms with E-state index in [4.69, 9.17) is 0 Å². The minimum absolute atomic E-state index is 0.398. The van der Waals surface area contributed by atoms with Crippen molar-refractivity contribution in [3.8, 4) is 0 Å². The Bertz CT molecular complexity index is 192. The summed E-state index contributed by atoms with van der Waals surface area (Å²) in [5, 5.41) is 6.00. The molecule has 0 aromatic carbocycles. The van der Waals surface area contributed by atoms with Crippen LogP contribution in [0.4, 0.5) is 0 Å². The highest BCUT2D eigenvalue weighted by molar-refractivity contribution is 5.75. The lowest BCUT2D eigenvalue weighted by molar-refractivity contribution is 0.389. The van der Waals surface area contributed by atoms with Gasteiger partial charge in [-0.15, -0.1) is 0 Å². The molecule has 0 fully saturated rings. The summed E-state index contributed by atoms with van der Waals surface area (Å²) in [6.45, 7) is 0. The molecular weight excluding hydrogens is 114 g/mol. The Morgan fingerprint density at radius 2 is 2.56 bits per heavy atom. The van der Waals surface area contributed by atoms with E-state index in [1.165, 1.54) is 0 Å². The second kappa shape index (κ2) is 1.69. The molecule has 2 aliphatic heterocycles. The van der Waals surface area contributed by atoms with Crippen molar-refractivity contribution in [2.75, 3.05) is 0 Å². The molecule has 3 heteroatoms. The lowest BCUT2D eigenvalue weighted by Gasteiger charge is -2.16. The lowest BCUT2D eigenvalue weighted by Crippen LogP contribution is -2.24. The van der Waals surface area contributed by atoms with Crippen LogP contribution in [0.1, 0.15) is 6.42 Å². The Morgan fingerprint density at radius 3 is 3.44 bits per heavy atom. The Balaban J connectivity index is 2.25. The summed E-state index contributed by atoms with van der Waals surface area (Å²) in [5.74, 6) is 0. The van der Waals surface area contributed by atoms with Gasteiger partial charge in [0.1, 0.15) is 0 Å². The van der Waals surface area contributed by atoms with Crippen molar-refractivity contribution in [1.29, 1.82) is 0 Å². The maximum absolute atomic E-state index is 4.09. The first kappa shape index (κ1) is 4.73. The van der Waals surface area contributed by atoms with Crippen LogP contribution in [0.5, 0.6) is 0 Å². The number of rotatable bonds is 0. The molecule has 0 aromatic heterocycles. The Morgan fingerprint density at radius 1 is 1.56 bits per heavy atom.